The fraction of sp³-hybridized carbons (Fsp3) is 0.944. The van der Waals surface area contributed by atoms with Crippen LogP contribution < -0.4 is 10.6 Å². The zero-order valence-corrected chi connectivity index (χ0v) is 18.0. The molecule has 2 N–H and O–H groups in total. The van der Waals surface area contributed by atoms with Gasteiger partial charge in [0.05, 0.1) is 6.10 Å². The molecule has 1 aliphatic rings. The van der Waals surface area contributed by atoms with Gasteiger partial charge in [0.15, 0.2) is 5.96 Å². The molecule has 0 unspecified atom stereocenters. The van der Waals surface area contributed by atoms with Gasteiger partial charge in [-0.3, -0.25) is 4.99 Å². The summed E-state index contributed by atoms with van der Waals surface area (Å²) in [5, 5.41) is 6.67. The van der Waals surface area contributed by atoms with Crippen molar-refractivity contribution in [1.29, 1.82) is 0 Å². The topological polar surface area (TPSA) is 54.9 Å². The summed E-state index contributed by atoms with van der Waals surface area (Å²) in [6.45, 7) is 9.28. The molecular weight excluding hydrogens is 417 g/mol. The summed E-state index contributed by atoms with van der Waals surface area (Å²) in [6.07, 6.45) is 10.2. The zero-order valence-electron chi connectivity index (χ0n) is 15.6. The third-order valence-electron chi connectivity index (χ3n) is 4.03. The maximum atomic E-state index is 5.94. The number of halogens is 1. The lowest BCUT2D eigenvalue weighted by Crippen LogP contribution is -2.38. The minimum Gasteiger partial charge on any atom is -0.382 e. The third kappa shape index (κ3) is 13.2. The van der Waals surface area contributed by atoms with Gasteiger partial charge in [0, 0.05) is 39.5 Å². The molecule has 0 atom stereocenters. The Morgan fingerprint density at radius 1 is 1.00 bits per heavy atom. The zero-order chi connectivity index (χ0) is 16.6. The molecule has 0 aromatic carbocycles. The Morgan fingerprint density at radius 3 is 2.50 bits per heavy atom. The van der Waals surface area contributed by atoms with Crippen LogP contribution in [-0.4, -0.2) is 51.5 Å². The number of nitrogens with one attached hydrogen (secondary N) is 2. The first-order chi connectivity index (χ1) is 11.4. The summed E-state index contributed by atoms with van der Waals surface area (Å²) in [6, 6.07) is 0. The number of guanidine groups is 1. The number of rotatable bonds is 12. The van der Waals surface area contributed by atoms with Crippen molar-refractivity contribution in [2.75, 3.05) is 39.5 Å². The van der Waals surface area contributed by atoms with E-state index in [-0.39, 0.29) is 24.0 Å². The molecule has 0 saturated heterocycles. The molecule has 1 saturated carbocycles. The van der Waals surface area contributed by atoms with Crippen molar-refractivity contribution in [2.45, 2.75) is 71.3 Å². The number of aliphatic imine (C=N–C) groups is 1. The Kier molecular flexibility index (Phi) is 17.7. The molecule has 0 amide bonds. The van der Waals surface area contributed by atoms with E-state index in [1.807, 2.05) is 6.92 Å². The minimum absolute atomic E-state index is 0. The summed E-state index contributed by atoms with van der Waals surface area (Å²) < 4.78 is 11.3. The van der Waals surface area contributed by atoms with Crippen LogP contribution in [0.1, 0.15) is 65.2 Å². The molecule has 0 aromatic heterocycles. The third-order valence-corrected chi connectivity index (χ3v) is 4.03. The second-order valence-corrected chi connectivity index (χ2v) is 6.08. The summed E-state index contributed by atoms with van der Waals surface area (Å²) in [5.74, 6) is 0.918. The van der Waals surface area contributed by atoms with Gasteiger partial charge in [0.25, 0.3) is 0 Å². The maximum absolute atomic E-state index is 5.94. The highest BCUT2D eigenvalue weighted by atomic mass is 127. The van der Waals surface area contributed by atoms with Crippen LogP contribution in [-0.2, 0) is 9.47 Å². The van der Waals surface area contributed by atoms with Crippen LogP contribution in [0, 0.1) is 0 Å². The van der Waals surface area contributed by atoms with Crippen molar-refractivity contribution in [2.24, 2.45) is 4.99 Å². The Hall–Kier alpha value is -0.0800. The summed E-state index contributed by atoms with van der Waals surface area (Å²) in [5.41, 5.74) is 0. The summed E-state index contributed by atoms with van der Waals surface area (Å²) in [7, 11) is 0. The standard InChI is InChI=1S/C18H37N3O2.HI/c1-3-19-18(20-13-8-9-15-22-4-2)21-14-10-16-23-17-11-6-5-7-12-17;/h17H,3-16H2,1-2H3,(H2,19,20,21);1H. The van der Waals surface area contributed by atoms with E-state index >= 15 is 0 Å². The second kappa shape index (κ2) is 17.7. The van der Waals surface area contributed by atoms with E-state index in [0.717, 1.165) is 64.7 Å². The van der Waals surface area contributed by atoms with Crippen molar-refractivity contribution in [1.82, 2.24) is 10.6 Å². The van der Waals surface area contributed by atoms with E-state index in [9.17, 15) is 0 Å². The van der Waals surface area contributed by atoms with Crippen LogP contribution in [0.25, 0.3) is 0 Å². The fourth-order valence-corrected chi connectivity index (χ4v) is 2.76. The van der Waals surface area contributed by atoms with Crippen LogP contribution >= 0.6 is 24.0 Å². The molecule has 0 heterocycles. The molecule has 0 radical (unpaired) electrons. The van der Waals surface area contributed by atoms with Crippen LogP contribution in [0.15, 0.2) is 4.99 Å². The number of ether oxygens (including phenoxy) is 2. The monoisotopic (exact) mass is 455 g/mol. The smallest absolute Gasteiger partial charge is 0.191 e. The number of hydrogen-bond acceptors (Lipinski definition) is 3. The van der Waals surface area contributed by atoms with Crippen molar-refractivity contribution >= 4 is 29.9 Å². The van der Waals surface area contributed by atoms with Gasteiger partial charge in [-0.2, -0.15) is 0 Å². The number of nitrogens with zero attached hydrogens (tertiary/aromatic N) is 1. The SMILES string of the molecule is CCNC(=NCCCOC1CCCCC1)NCCCCOCC.I. The normalized spacial score (nSPS) is 15.8. The molecule has 0 spiro atoms. The van der Waals surface area contributed by atoms with Crippen molar-refractivity contribution in [3.8, 4) is 0 Å². The first-order valence-corrected chi connectivity index (χ1v) is 9.58. The van der Waals surface area contributed by atoms with Gasteiger partial charge in [-0.15, -0.1) is 24.0 Å². The molecule has 0 aliphatic heterocycles. The molecule has 144 valence electrons. The van der Waals surface area contributed by atoms with Crippen LogP contribution in [0.3, 0.4) is 0 Å². The molecule has 1 aliphatic carbocycles. The van der Waals surface area contributed by atoms with Crippen molar-refractivity contribution in [3.05, 3.63) is 0 Å². The highest BCUT2D eigenvalue weighted by Gasteiger charge is 2.12. The van der Waals surface area contributed by atoms with E-state index in [2.05, 4.69) is 22.5 Å². The van der Waals surface area contributed by atoms with Crippen LogP contribution in [0.2, 0.25) is 0 Å². The largest absolute Gasteiger partial charge is 0.382 e. The lowest BCUT2D eigenvalue weighted by Gasteiger charge is -2.21. The fourth-order valence-electron chi connectivity index (χ4n) is 2.76. The van der Waals surface area contributed by atoms with Gasteiger partial charge >= 0.3 is 0 Å². The van der Waals surface area contributed by atoms with E-state index in [1.54, 1.807) is 0 Å². The average Bonchev–Trinajstić information content (AvgIpc) is 2.58. The molecule has 1 rings (SSSR count). The molecule has 6 heteroatoms. The van der Waals surface area contributed by atoms with Crippen molar-refractivity contribution in [3.63, 3.8) is 0 Å². The molecule has 0 aromatic rings. The van der Waals surface area contributed by atoms with Gasteiger partial charge in [-0.25, -0.2) is 0 Å². The Labute approximate surface area is 165 Å². The highest BCUT2D eigenvalue weighted by molar-refractivity contribution is 14.0. The quantitative estimate of drug-likeness (QED) is 0.204. The highest BCUT2D eigenvalue weighted by Crippen LogP contribution is 2.20. The predicted molar refractivity (Wildman–Crippen MR) is 113 cm³/mol. The molecular formula is C18H38IN3O2. The number of hydrogen-bond donors (Lipinski definition) is 2. The minimum atomic E-state index is 0. The number of unbranched alkanes of at least 4 members (excludes halogenated alkanes) is 1. The average molecular weight is 455 g/mol. The van der Waals surface area contributed by atoms with Crippen LogP contribution in [0.5, 0.6) is 0 Å². The Bertz CT molecular complexity index is 298. The molecule has 1 fully saturated rings. The lowest BCUT2D eigenvalue weighted by molar-refractivity contribution is 0.0281. The van der Waals surface area contributed by atoms with Gasteiger partial charge in [0.1, 0.15) is 0 Å². The molecule has 5 nitrogen and oxygen atoms in total. The molecule has 0 bridgehead atoms. The lowest BCUT2D eigenvalue weighted by atomic mass is 9.98. The van der Waals surface area contributed by atoms with Crippen molar-refractivity contribution < 1.29 is 9.47 Å². The first kappa shape index (κ1) is 23.9. The van der Waals surface area contributed by atoms with E-state index in [1.165, 1.54) is 32.1 Å². The Morgan fingerprint density at radius 2 is 1.79 bits per heavy atom. The van der Waals surface area contributed by atoms with Gasteiger partial charge in [-0.1, -0.05) is 19.3 Å². The van der Waals surface area contributed by atoms with E-state index in [4.69, 9.17) is 9.47 Å². The second-order valence-electron chi connectivity index (χ2n) is 6.08. The maximum Gasteiger partial charge on any atom is 0.191 e. The summed E-state index contributed by atoms with van der Waals surface area (Å²) >= 11 is 0. The summed E-state index contributed by atoms with van der Waals surface area (Å²) in [4.78, 5) is 4.61. The first-order valence-electron chi connectivity index (χ1n) is 9.58. The van der Waals surface area contributed by atoms with Gasteiger partial charge in [-0.05, 0) is 46.0 Å². The Balaban J connectivity index is 0.00000529. The predicted octanol–water partition coefficient (Wildman–Crippen LogP) is 3.72. The van der Waals surface area contributed by atoms with Gasteiger partial charge in [0.2, 0.25) is 0 Å². The molecule has 24 heavy (non-hydrogen) atoms. The van der Waals surface area contributed by atoms with Gasteiger partial charge < -0.3 is 20.1 Å². The van der Waals surface area contributed by atoms with Crippen LogP contribution in [0.4, 0.5) is 0 Å². The van der Waals surface area contributed by atoms with E-state index in [0.29, 0.717) is 6.10 Å². The van der Waals surface area contributed by atoms with E-state index < -0.39 is 0 Å².